The van der Waals surface area contributed by atoms with E-state index in [2.05, 4.69) is 29.4 Å². The molecule has 1 aromatic heterocycles. The molecule has 6 nitrogen and oxygen atoms in total. The number of hydrogen-bond acceptors (Lipinski definition) is 4. The fourth-order valence-corrected chi connectivity index (χ4v) is 3.08. The van der Waals surface area contributed by atoms with Crippen molar-refractivity contribution in [2.75, 3.05) is 27.7 Å². The molecule has 0 bridgehead atoms. The lowest BCUT2D eigenvalue weighted by Crippen LogP contribution is -2.45. The number of amides is 1. The van der Waals surface area contributed by atoms with E-state index in [0.29, 0.717) is 17.5 Å². The Morgan fingerprint density at radius 3 is 2.81 bits per heavy atom. The third-order valence-corrected chi connectivity index (χ3v) is 4.10. The number of carbonyl (C=O) groups excluding carboxylic acids is 1. The Balaban J connectivity index is 2.02. The molecule has 1 fully saturated rings. The lowest BCUT2D eigenvalue weighted by molar-refractivity contribution is 0.0889. The van der Waals surface area contributed by atoms with Crippen LogP contribution in [0.5, 0.6) is 5.88 Å². The van der Waals surface area contributed by atoms with Crippen LogP contribution in [0.3, 0.4) is 0 Å². The van der Waals surface area contributed by atoms with Gasteiger partial charge >= 0.3 is 0 Å². The van der Waals surface area contributed by atoms with E-state index in [4.69, 9.17) is 4.74 Å². The fourth-order valence-electron chi connectivity index (χ4n) is 3.08. The molecule has 0 aliphatic heterocycles. The first-order chi connectivity index (χ1) is 10.0. The molecule has 0 radical (unpaired) electrons. The number of rotatable bonds is 5. The van der Waals surface area contributed by atoms with Gasteiger partial charge in [0, 0.05) is 25.7 Å². The fraction of sp³-hybridized carbons (Fsp3) is 0.733. The van der Waals surface area contributed by atoms with Crippen LogP contribution >= 0.6 is 0 Å². The molecule has 2 atom stereocenters. The number of nitrogens with one attached hydrogen (secondary N) is 1. The number of aromatic nitrogens is 2. The van der Waals surface area contributed by atoms with Gasteiger partial charge in [-0.3, -0.25) is 4.79 Å². The summed E-state index contributed by atoms with van der Waals surface area (Å²) >= 11 is 0. The van der Waals surface area contributed by atoms with Crippen molar-refractivity contribution >= 4 is 5.91 Å². The van der Waals surface area contributed by atoms with Crippen molar-refractivity contribution in [1.29, 1.82) is 0 Å². The molecule has 1 aromatic rings. The van der Waals surface area contributed by atoms with Crippen molar-refractivity contribution < 1.29 is 9.53 Å². The lowest BCUT2D eigenvalue weighted by atomic mass is 9.84. The van der Waals surface area contributed by atoms with Gasteiger partial charge in [-0.2, -0.15) is 5.10 Å². The highest BCUT2D eigenvalue weighted by molar-refractivity contribution is 5.92. The molecule has 1 aliphatic rings. The highest BCUT2D eigenvalue weighted by atomic mass is 16.5. The Kier molecular flexibility index (Phi) is 5.22. The minimum absolute atomic E-state index is 0.107. The van der Waals surface area contributed by atoms with Gasteiger partial charge in [0.15, 0.2) is 5.69 Å². The molecule has 2 rings (SSSR count). The normalized spacial score (nSPS) is 22.3. The highest BCUT2D eigenvalue weighted by Gasteiger charge is 2.28. The summed E-state index contributed by atoms with van der Waals surface area (Å²) in [4.78, 5) is 14.6. The molecule has 0 aromatic carbocycles. The SMILES string of the molecule is COc1cc(C(=O)NC2CCCCC2CN(C)C)nn1C. The molecular weight excluding hydrogens is 268 g/mol. The summed E-state index contributed by atoms with van der Waals surface area (Å²) in [6, 6.07) is 1.92. The van der Waals surface area contributed by atoms with Crippen LogP contribution in [0.25, 0.3) is 0 Å². The summed E-state index contributed by atoms with van der Waals surface area (Å²) in [7, 11) is 7.51. The van der Waals surface area contributed by atoms with Gasteiger partial charge in [-0.05, 0) is 32.9 Å². The number of methoxy groups -OCH3 is 1. The van der Waals surface area contributed by atoms with Crippen LogP contribution in [0.4, 0.5) is 0 Å². The number of carbonyl (C=O) groups is 1. The van der Waals surface area contributed by atoms with E-state index < -0.39 is 0 Å². The standard InChI is InChI=1S/C15H26N4O2/c1-18(2)10-11-7-5-6-8-12(11)16-15(20)13-9-14(21-4)19(3)17-13/h9,11-12H,5-8,10H2,1-4H3,(H,16,20). The molecule has 0 saturated heterocycles. The van der Waals surface area contributed by atoms with Crippen LogP contribution in [0.1, 0.15) is 36.2 Å². The minimum Gasteiger partial charge on any atom is -0.481 e. The first-order valence-corrected chi connectivity index (χ1v) is 7.55. The maximum Gasteiger partial charge on any atom is 0.272 e. The van der Waals surface area contributed by atoms with Crippen LogP contribution in [0, 0.1) is 5.92 Å². The summed E-state index contributed by atoms with van der Waals surface area (Å²) < 4.78 is 6.73. The molecule has 1 amide bonds. The highest BCUT2D eigenvalue weighted by Crippen LogP contribution is 2.25. The lowest BCUT2D eigenvalue weighted by Gasteiger charge is -2.33. The molecule has 2 unspecified atom stereocenters. The van der Waals surface area contributed by atoms with Crippen molar-refractivity contribution in [1.82, 2.24) is 20.0 Å². The van der Waals surface area contributed by atoms with Crippen LogP contribution < -0.4 is 10.1 Å². The van der Waals surface area contributed by atoms with E-state index in [1.807, 2.05) is 0 Å². The van der Waals surface area contributed by atoms with E-state index in [1.54, 1.807) is 24.9 Å². The van der Waals surface area contributed by atoms with E-state index >= 15 is 0 Å². The number of hydrogen-bond donors (Lipinski definition) is 1. The summed E-state index contributed by atoms with van der Waals surface area (Å²) in [6.07, 6.45) is 4.66. The van der Waals surface area contributed by atoms with Crippen LogP contribution in [0.2, 0.25) is 0 Å². The molecule has 1 N–H and O–H groups in total. The third kappa shape index (κ3) is 3.97. The second kappa shape index (κ2) is 6.93. The zero-order valence-corrected chi connectivity index (χ0v) is 13.4. The van der Waals surface area contributed by atoms with Gasteiger partial charge in [-0.1, -0.05) is 12.8 Å². The predicted molar refractivity (Wildman–Crippen MR) is 81.5 cm³/mol. The quantitative estimate of drug-likeness (QED) is 0.889. The average Bonchev–Trinajstić information content (AvgIpc) is 2.81. The van der Waals surface area contributed by atoms with E-state index in [-0.39, 0.29) is 11.9 Å². The van der Waals surface area contributed by atoms with E-state index in [0.717, 1.165) is 13.0 Å². The van der Waals surface area contributed by atoms with Crippen LogP contribution in [0.15, 0.2) is 6.07 Å². The summed E-state index contributed by atoms with van der Waals surface area (Å²) in [5.41, 5.74) is 0.420. The maximum atomic E-state index is 12.4. The zero-order valence-electron chi connectivity index (χ0n) is 13.4. The Morgan fingerprint density at radius 1 is 1.48 bits per heavy atom. The largest absolute Gasteiger partial charge is 0.481 e. The van der Waals surface area contributed by atoms with Crippen molar-refractivity contribution in [3.05, 3.63) is 11.8 Å². The Morgan fingerprint density at radius 2 is 2.19 bits per heavy atom. The zero-order chi connectivity index (χ0) is 15.4. The Bertz CT molecular complexity index is 484. The second-order valence-corrected chi connectivity index (χ2v) is 6.08. The molecule has 6 heteroatoms. The minimum atomic E-state index is -0.107. The Hall–Kier alpha value is -1.56. The monoisotopic (exact) mass is 294 g/mol. The topological polar surface area (TPSA) is 59.4 Å². The van der Waals surface area contributed by atoms with E-state index in [9.17, 15) is 4.79 Å². The molecule has 1 heterocycles. The van der Waals surface area contributed by atoms with Gasteiger partial charge in [-0.15, -0.1) is 0 Å². The number of ether oxygens (including phenoxy) is 1. The van der Waals surface area contributed by atoms with Gasteiger partial charge in [-0.25, -0.2) is 4.68 Å². The second-order valence-electron chi connectivity index (χ2n) is 6.08. The Labute approximate surface area is 126 Å². The number of aryl methyl sites for hydroxylation is 1. The van der Waals surface area contributed by atoms with Crippen LogP contribution in [-0.4, -0.2) is 54.4 Å². The third-order valence-electron chi connectivity index (χ3n) is 4.10. The van der Waals surface area contributed by atoms with Gasteiger partial charge in [0.1, 0.15) is 0 Å². The smallest absolute Gasteiger partial charge is 0.272 e. The molecular formula is C15H26N4O2. The first-order valence-electron chi connectivity index (χ1n) is 7.55. The molecule has 0 spiro atoms. The first kappa shape index (κ1) is 15.8. The van der Waals surface area contributed by atoms with Gasteiger partial charge in [0.2, 0.25) is 5.88 Å². The van der Waals surface area contributed by atoms with Crippen molar-refractivity contribution in [3.63, 3.8) is 0 Å². The van der Waals surface area contributed by atoms with Gasteiger partial charge in [0.25, 0.3) is 5.91 Å². The molecule has 21 heavy (non-hydrogen) atoms. The van der Waals surface area contributed by atoms with Crippen molar-refractivity contribution in [3.8, 4) is 5.88 Å². The molecule has 1 aliphatic carbocycles. The van der Waals surface area contributed by atoms with Crippen LogP contribution in [-0.2, 0) is 7.05 Å². The average molecular weight is 294 g/mol. The molecule has 1 saturated carbocycles. The predicted octanol–water partition coefficient (Wildman–Crippen LogP) is 1.28. The maximum absolute atomic E-state index is 12.4. The van der Waals surface area contributed by atoms with Gasteiger partial charge in [0.05, 0.1) is 7.11 Å². The van der Waals surface area contributed by atoms with Gasteiger partial charge < -0.3 is 15.0 Å². The molecule has 118 valence electrons. The number of nitrogens with zero attached hydrogens (tertiary/aromatic N) is 3. The summed E-state index contributed by atoms with van der Waals surface area (Å²) in [5, 5.41) is 7.36. The summed E-state index contributed by atoms with van der Waals surface area (Å²) in [6.45, 7) is 1.01. The van der Waals surface area contributed by atoms with E-state index in [1.165, 1.54) is 19.3 Å². The van der Waals surface area contributed by atoms with Crippen molar-refractivity contribution in [2.24, 2.45) is 13.0 Å². The summed E-state index contributed by atoms with van der Waals surface area (Å²) in [5.74, 6) is 1.00. The van der Waals surface area contributed by atoms with Crippen molar-refractivity contribution in [2.45, 2.75) is 31.7 Å².